The fraction of sp³-hybridized carbons (Fsp3) is 0.423. The second-order valence-electron chi connectivity index (χ2n) is 8.85. The number of rotatable bonds is 8. The van der Waals surface area contributed by atoms with Crippen LogP contribution in [0.4, 0.5) is 11.4 Å². The number of carbonyl (C=O) groups is 3. The van der Waals surface area contributed by atoms with Gasteiger partial charge >= 0.3 is 0 Å². The van der Waals surface area contributed by atoms with Gasteiger partial charge in [0.25, 0.3) is 0 Å². The summed E-state index contributed by atoms with van der Waals surface area (Å²) in [5.41, 5.74) is 1.68. The van der Waals surface area contributed by atoms with Gasteiger partial charge in [0.05, 0.1) is 19.6 Å². The van der Waals surface area contributed by atoms with Gasteiger partial charge in [-0.25, -0.2) is 0 Å². The van der Waals surface area contributed by atoms with E-state index in [9.17, 15) is 14.4 Å². The van der Waals surface area contributed by atoms with Crippen molar-refractivity contribution in [2.45, 2.75) is 19.4 Å². The molecule has 10 heteroatoms. The van der Waals surface area contributed by atoms with Crippen LogP contribution in [0.25, 0.3) is 0 Å². The third kappa shape index (κ3) is 6.67. The van der Waals surface area contributed by atoms with Gasteiger partial charge in [0.2, 0.25) is 17.7 Å². The van der Waals surface area contributed by atoms with Crippen molar-refractivity contribution >= 4 is 40.7 Å². The standard InChI is InChI=1S/C26H32ClN5O4/c1-2-36-22-8-6-20(7-9-22)29-24(33)17-23-26(35)28-10-11-32(23)25(34)18-30-12-14-31(15-13-30)21-5-3-4-19(27)16-21/h3-9,16,23H,2,10-15,17-18H2,1H3,(H,28,35)(H,29,33)/t23-/m1/s1. The maximum atomic E-state index is 13.2. The number of nitrogens with zero attached hydrogens (tertiary/aromatic N) is 3. The third-order valence-electron chi connectivity index (χ3n) is 6.38. The Bertz CT molecular complexity index is 1070. The van der Waals surface area contributed by atoms with Crippen LogP contribution in [0.2, 0.25) is 5.02 Å². The van der Waals surface area contributed by atoms with Gasteiger partial charge in [-0.05, 0) is 49.4 Å². The minimum absolute atomic E-state index is 0.104. The summed E-state index contributed by atoms with van der Waals surface area (Å²) in [6, 6.07) is 14.0. The molecule has 2 aliphatic rings. The van der Waals surface area contributed by atoms with Gasteiger partial charge in [-0.1, -0.05) is 17.7 Å². The van der Waals surface area contributed by atoms with Crippen molar-refractivity contribution in [1.29, 1.82) is 0 Å². The fourth-order valence-electron chi connectivity index (χ4n) is 4.52. The van der Waals surface area contributed by atoms with Gasteiger partial charge in [-0.3, -0.25) is 19.3 Å². The lowest BCUT2D eigenvalue weighted by atomic mass is 10.1. The second kappa shape index (κ2) is 12.1. The van der Waals surface area contributed by atoms with Gasteiger partial charge in [-0.2, -0.15) is 0 Å². The van der Waals surface area contributed by atoms with Gasteiger partial charge in [0.1, 0.15) is 11.8 Å². The average Bonchev–Trinajstić information content (AvgIpc) is 2.87. The van der Waals surface area contributed by atoms with E-state index in [1.54, 1.807) is 29.2 Å². The van der Waals surface area contributed by atoms with E-state index in [-0.39, 0.29) is 30.7 Å². The van der Waals surface area contributed by atoms with Crippen molar-refractivity contribution in [3.8, 4) is 5.75 Å². The van der Waals surface area contributed by atoms with E-state index in [0.717, 1.165) is 31.9 Å². The summed E-state index contributed by atoms with van der Waals surface area (Å²) in [5.74, 6) is -0.0522. The number of piperazine rings is 2. The molecule has 2 saturated heterocycles. The highest BCUT2D eigenvalue weighted by molar-refractivity contribution is 6.30. The molecule has 0 aromatic heterocycles. The van der Waals surface area contributed by atoms with E-state index in [1.807, 2.05) is 31.2 Å². The Labute approximate surface area is 216 Å². The van der Waals surface area contributed by atoms with Crippen LogP contribution in [0, 0.1) is 0 Å². The minimum atomic E-state index is -0.832. The number of nitrogens with one attached hydrogen (secondary N) is 2. The molecule has 0 spiro atoms. The van der Waals surface area contributed by atoms with Crippen molar-refractivity contribution in [2.24, 2.45) is 0 Å². The monoisotopic (exact) mass is 513 g/mol. The smallest absolute Gasteiger partial charge is 0.243 e. The van der Waals surface area contributed by atoms with Crippen LogP contribution >= 0.6 is 11.6 Å². The summed E-state index contributed by atoms with van der Waals surface area (Å²) in [6.45, 7) is 6.45. The molecule has 0 radical (unpaired) electrons. The van der Waals surface area contributed by atoms with Gasteiger partial charge in [0, 0.05) is 55.7 Å². The van der Waals surface area contributed by atoms with Crippen molar-refractivity contribution in [1.82, 2.24) is 15.1 Å². The SMILES string of the molecule is CCOc1ccc(NC(=O)C[C@@H]2C(=O)NCCN2C(=O)CN2CCN(c3cccc(Cl)c3)CC2)cc1. The molecule has 2 fully saturated rings. The zero-order chi connectivity index (χ0) is 25.5. The van der Waals surface area contributed by atoms with Crippen LogP contribution in [0.15, 0.2) is 48.5 Å². The van der Waals surface area contributed by atoms with Crippen molar-refractivity contribution in [2.75, 3.05) is 62.6 Å². The molecule has 0 saturated carbocycles. The fourth-order valence-corrected chi connectivity index (χ4v) is 4.71. The lowest BCUT2D eigenvalue weighted by Crippen LogP contribution is -2.60. The summed E-state index contributed by atoms with van der Waals surface area (Å²) >= 11 is 6.12. The summed E-state index contributed by atoms with van der Waals surface area (Å²) in [7, 11) is 0. The maximum Gasteiger partial charge on any atom is 0.243 e. The molecule has 1 atom stereocenters. The first-order valence-electron chi connectivity index (χ1n) is 12.3. The average molecular weight is 514 g/mol. The molecule has 2 aromatic carbocycles. The molecule has 2 heterocycles. The molecule has 0 aliphatic carbocycles. The first-order chi connectivity index (χ1) is 17.4. The summed E-state index contributed by atoms with van der Waals surface area (Å²) in [5, 5.41) is 6.29. The number of anilines is 2. The summed E-state index contributed by atoms with van der Waals surface area (Å²) in [4.78, 5) is 44.4. The predicted octanol–water partition coefficient (Wildman–Crippen LogP) is 2.22. The summed E-state index contributed by atoms with van der Waals surface area (Å²) in [6.07, 6.45) is -0.104. The Hall–Kier alpha value is -3.30. The zero-order valence-corrected chi connectivity index (χ0v) is 21.2. The highest BCUT2D eigenvalue weighted by atomic mass is 35.5. The molecule has 9 nitrogen and oxygen atoms in total. The summed E-state index contributed by atoms with van der Waals surface area (Å²) < 4.78 is 5.42. The van der Waals surface area contributed by atoms with Crippen LogP contribution in [0.5, 0.6) is 5.75 Å². The van der Waals surface area contributed by atoms with E-state index in [0.29, 0.717) is 36.2 Å². The van der Waals surface area contributed by atoms with Crippen molar-refractivity contribution in [3.05, 3.63) is 53.6 Å². The van der Waals surface area contributed by atoms with Crippen LogP contribution in [0.3, 0.4) is 0 Å². The third-order valence-corrected chi connectivity index (χ3v) is 6.62. The number of halogens is 1. The molecule has 2 aromatic rings. The number of carbonyl (C=O) groups excluding carboxylic acids is 3. The highest BCUT2D eigenvalue weighted by Gasteiger charge is 2.35. The van der Waals surface area contributed by atoms with Crippen LogP contribution in [-0.4, -0.2) is 86.0 Å². The van der Waals surface area contributed by atoms with E-state index in [4.69, 9.17) is 16.3 Å². The predicted molar refractivity (Wildman–Crippen MR) is 139 cm³/mol. The molecular weight excluding hydrogens is 482 g/mol. The number of ether oxygens (including phenoxy) is 1. The van der Waals surface area contributed by atoms with E-state index in [1.165, 1.54) is 0 Å². The molecule has 0 unspecified atom stereocenters. The normalized spacial score (nSPS) is 18.5. The first-order valence-corrected chi connectivity index (χ1v) is 12.6. The van der Waals surface area contributed by atoms with Crippen LogP contribution < -0.4 is 20.3 Å². The number of hydrogen-bond acceptors (Lipinski definition) is 6. The highest BCUT2D eigenvalue weighted by Crippen LogP contribution is 2.21. The van der Waals surface area contributed by atoms with Crippen molar-refractivity contribution < 1.29 is 19.1 Å². The Morgan fingerprint density at radius 3 is 2.53 bits per heavy atom. The Morgan fingerprint density at radius 1 is 1.08 bits per heavy atom. The first kappa shape index (κ1) is 25.8. The topological polar surface area (TPSA) is 94.2 Å². The maximum absolute atomic E-state index is 13.2. The van der Waals surface area contributed by atoms with Gasteiger partial charge < -0.3 is 25.2 Å². The molecule has 2 aliphatic heterocycles. The molecule has 36 heavy (non-hydrogen) atoms. The number of hydrogen-bond donors (Lipinski definition) is 2. The lowest BCUT2D eigenvalue weighted by Gasteiger charge is -2.39. The lowest BCUT2D eigenvalue weighted by molar-refractivity contribution is -0.145. The van der Waals surface area contributed by atoms with E-state index >= 15 is 0 Å². The van der Waals surface area contributed by atoms with Gasteiger partial charge in [-0.15, -0.1) is 0 Å². The van der Waals surface area contributed by atoms with Crippen LogP contribution in [-0.2, 0) is 14.4 Å². The molecule has 0 bridgehead atoms. The zero-order valence-electron chi connectivity index (χ0n) is 20.4. The largest absolute Gasteiger partial charge is 0.494 e. The molecular formula is C26H32ClN5O4. The molecule has 3 amide bonds. The molecule has 4 rings (SSSR count). The number of benzene rings is 2. The minimum Gasteiger partial charge on any atom is -0.494 e. The number of amides is 3. The quantitative estimate of drug-likeness (QED) is 0.562. The van der Waals surface area contributed by atoms with Crippen LogP contribution in [0.1, 0.15) is 13.3 Å². The van der Waals surface area contributed by atoms with E-state index in [2.05, 4.69) is 20.4 Å². The van der Waals surface area contributed by atoms with Crippen molar-refractivity contribution in [3.63, 3.8) is 0 Å². The Kier molecular flexibility index (Phi) is 8.66. The molecule has 2 N–H and O–H groups in total. The van der Waals surface area contributed by atoms with E-state index < -0.39 is 6.04 Å². The second-order valence-corrected chi connectivity index (χ2v) is 9.28. The molecule has 192 valence electrons. The van der Waals surface area contributed by atoms with Gasteiger partial charge in [0.15, 0.2) is 0 Å². The Morgan fingerprint density at radius 2 is 1.83 bits per heavy atom. The Balaban J connectivity index is 1.31.